The van der Waals surface area contributed by atoms with E-state index in [9.17, 15) is 18.0 Å². The number of aromatic nitrogens is 5. The van der Waals surface area contributed by atoms with Gasteiger partial charge >= 0.3 is 12.1 Å². The van der Waals surface area contributed by atoms with E-state index in [1.165, 1.54) is 6.20 Å². The molecular weight excluding hydrogens is 505 g/mol. The lowest BCUT2D eigenvalue weighted by atomic mass is 9.92. The standard InChI is InChI=1S/C23H24N6O2.C2HF3O2/c1-15(2)29-14-25-22-19(29)12-18(27-21(22)17-4-3-8-24-13-17)16-6-10-28(11-7-16)23(30)20-5-9-26-31-20;3-2(4,5)1(6)7/h3-5,8-9,12-16H,6-7,10-11H2,1-2H3;(H,6,7). The molecule has 4 aromatic rings. The molecule has 0 aromatic carbocycles. The van der Waals surface area contributed by atoms with Crippen molar-refractivity contribution in [1.82, 2.24) is 29.6 Å². The third-order valence-corrected chi connectivity index (χ3v) is 6.16. The SMILES string of the molecule is CC(C)n1cnc2c(-c3cccnc3)nc(C3CCN(C(=O)c4ccno4)CC3)cc21.O=C(O)C(F)(F)F. The molecule has 200 valence electrons. The summed E-state index contributed by atoms with van der Waals surface area (Å²) in [6.07, 6.45) is 3.59. The minimum Gasteiger partial charge on any atom is -0.475 e. The highest BCUT2D eigenvalue weighted by molar-refractivity contribution is 5.91. The Bertz CT molecular complexity index is 1400. The lowest BCUT2D eigenvalue weighted by Crippen LogP contribution is -2.37. The Morgan fingerprint density at radius 3 is 2.42 bits per heavy atom. The van der Waals surface area contributed by atoms with Crippen LogP contribution in [0.1, 0.15) is 54.9 Å². The number of hydrogen-bond donors (Lipinski definition) is 1. The van der Waals surface area contributed by atoms with Gasteiger partial charge in [-0.3, -0.25) is 14.8 Å². The molecule has 0 saturated carbocycles. The maximum atomic E-state index is 12.6. The van der Waals surface area contributed by atoms with Crippen LogP contribution in [0.2, 0.25) is 0 Å². The van der Waals surface area contributed by atoms with Crippen LogP contribution in [0.5, 0.6) is 0 Å². The zero-order valence-corrected chi connectivity index (χ0v) is 20.6. The highest BCUT2D eigenvalue weighted by Crippen LogP contribution is 2.34. The van der Waals surface area contributed by atoms with Crippen LogP contribution in [0.15, 0.2) is 53.7 Å². The Hall–Kier alpha value is -4.29. The molecule has 1 aliphatic heterocycles. The van der Waals surface area contributed by atoms with Crippen molar-refractivity contribution >= 4 is 22.9 Å². The van der Waals surface area contributed by atoms with E-state index >= 15 is 0 Å². The molecule has 0 atom stereocenters. The van der Waals surface area contributed by atoms with Crippen LogP contribution < -0.4 is 0 Å². The average molecular weight is 531 g/mol. The van der Waals surface area contributed by atoms with Crippen molar-refractivity contribution in [3.63, 3.8) is 0 Å². The van der Waals surface area contributed by atoms with Crippen molar-refractivity contribution in [1.29, 1.82) is 0 Å². The third-order valence-electron chi connectivity index (χ3n) is 6.16. The van der Waals surface area contributed by atoms with E-state index in [-0.39, 0.29) is 17.6 Å². The molecule has 1 saturated heterocycles. The third kappa shape index (κ3) is 5.82. The predicted octanol–water partition coefficient (Wildman–Crippen LogP) is 4.72. The average Bonchev–Trinajstić information content (AvgIpc) is 3.59. The van der Waals surface area contributed by atoms with E-state index in [1.54, 1.807) is 12.3 Å². The summed E-state index contributed by atoms with van der Waals surface area (Å²) < 4.78 is 38.9. The van der Waals surface area contributed by atoms with E-state index in [4.69, 9.17) is 19.4 Å². The molecule has 0 radical (unpaired) electrons. The normalized spacial score (nSPS) is 14.4. The zero-order valence-electron chi connectivity index (χ0n) is 20.6. The number of rotatable bonds is 4. The number of aliphatic carboxylic acids is 1. The van der Waals surface area contributed by atoms with E-state index in [0.29, 0.717) is 19.1 Å². The van der Waals surface area contributed by atoms with Crippen molar-refractivity contribution in [3.8, 4) is 11.3 Å². The van der Waals surface area contributed by atoms with Crippen molar-refractivity contribution < 1.29 is 32.4 Å². The minimum atomic E-state index is -5.08. The summed E-state index contributed by atoms with van der Waals surface area (Å²) in [4.78, 5) is 37.3. The molecule has 1 aliphatic rings. The Morgan fingerprint density at radius 1 is 1.16 bits per heavy atom. The summed E-state index contributed by atoms with van der Waals surface area (Å²) in [6, 6.07) is 8.01. The molecule has 5 rings (SSSR count). The van der Waals surface area contributed by atoms with Gasteiger partial charge in [0, 0.05) is 54.8 Å². The van der Waals surface area contributed by atoms with Crippen LogP contribution in [-0.2, 0) is 4.79 Å². The Balaban J connectivity index is 0.000000426. The highest BCUT2D eigenvalue weighted by Gasteiger charge is 2.38. The first-order chi connectivity index (χ1) is 18.1. The molecule has 1 amide bonds. The number of piperidine rings is 1. The molecule has 10 nitrogen and oxygen atoms in total. The number of imidazole rings is 1. The number of alkyl halides is 3. The Morgan fingerprint density at radius 2 is 1.87 bits per heavy atom. The van der Waals surface area contributed by atoms with Crippen LogP contribution in [-0.4, -0.2) is 65.8 Å². The molecule has 0 spiro atoms. The first-order valence-electron chi connectivity index (χ1n) is 11.8. The molecule has 1 fully saturated rings. The molecule has 4 aromatic heterocycles. The maximum absolute atomic E-state index is 12.6. The van der Waals surface area contributed by atoms with Gasteiger partial charge in [-0.1, -0.05) is 5.16 Å². The number of likely N-dealkylation sites (tertiary alicyclic amines) is 1. The van der Waals surface area contributed by atoms with E-state index < -0.39 is 12.1 Å². The number of carboxylic acid groups (broad SMARTS) is 1. The molecule has 0 bridgehead atoms. The number of nitrogens with zero attached hydrogens (tertiary/aromatic N) is 6. The van der Waals surface area contributed by atoms with Gasteiger partial charge in [0.1, 0.15) is 5.52 Å². The molecule has 13 heteroatoms. The Labute approximate surface area is 215 Å². The summed E-state index contributed by atoms with van der Waals surface area (Å²) in [7, 11) is 0. The fourth-order valence-corrected chi connectivity index (χ4v) is 4.24. The van der Waals surface area contributed by atoms with Gasteiger partial charge in [0.05, 0.1) is 23.7 Å². The largest absolute Gasteiger partial charge is 0.490 e. The second-order valence-electron chi connectivity index (χ2n) is 9.00. The van der Waals surface area contributed by atoms with Crippen molar-refractivity contribution in [2.75, 3.05) is 13.1 Å². The van der Waals surface area contributed by atoms with Crippen LogP contribution in [0.25, 0.3) is 22.3 Å². The second kappa shape index (κ2) is 11.0. The molecule has 0 unspecified atom stereocenters. The molecule has 38 heavy (non-hydrogen) atoms. The minimum absolute atomic E-state index is 0.103. The first-order valence-corrected chi connectivity index (χ1v) is 11.8. The van der Waals surface area contributed by atoms with Gasteiger partial charge in [-0.15, -0.1) is 0 Å². The quantitative estimate of drug-likeness (QED) is 0.402. The fraction of sp³-hybridized carbons (Fsp3) is 0.360. The summed E-state index contributed by atoms with van der Waals surface area (Å²) in [6.45, 7) is 5.63. The number of pyridine rings is 2. The monoisotopic (exact) mass is 530 g/mol. The van der Waals surface area contributed by atoms with E-state index in [1.807, 2.05) is 29.6 Å². The van der Waals surface area contributed by atoms with Gasteiger partial charge in [0.2, 0.25) is 5.76 Å². The van der Waals surface area contributed by atoms with Crippen LogP contribution in [0.3, 0.4) is 0 Å². The summed E-state index contributed by atoms with van der Waals surface area (Å²) in [5.74, 6) is -2.30. The van der Waals surface area contributed by atoms with E-state index in [2.05, 4.69) is 39.6 Å². The van der Waals surface area contributed by atoms with Gasteiger partial charge in [-0.2, -0.15) is 13.2 Å². The molecular formula is C25H25F3N6O4. The van der Waals surface area contributed by atoms with Crippen LogP contribution >= 0.6 is 0 Å². The number of fused-ring (bicyclic) bond motifs is 1. The number of carbonyl (C=O) groups is 2. The predicted molar refractivity (Wildman–Crippen MR) is 129 cm³/mol. The van der Waals surface area contributed by atoms with Crippen molar-refractivity contribution in [2.45, 2.75) is 44.8 Å². The van der Waals surface area contributed by atoms with Gasteiger partial charge in [0.15, 0.2) is 0 Å². The fourth-order valence-electron chi connectivity index (χ4n) is 4.24. The van der Waals surface area contributed by atoms with Crippen molar-refractivity contribution in [2.24, 2.45) is 0 Å². The van der Waals surface area contributed by atoms with Gasteiger partial charge in [-0.05, 0) is 44.9 Å². The zero-order chi connectivity index (χ0) is 27.4. The summed E-state index contributed by atoms with van der Waals surface area (Å²) in [5, 5.41) is 10.8. The number of amides is 1. The van der Waals surface area contributed by atoms with Gasteiger partial charge in [-0.25, -0.2) is 9.78 Å². The Kier molecular flexibility index (Phi) is 7.74. The lowest BCUT2D eigenvalue weighted by molar-refractivity contribution is -0.192. The van der Waals surface area contributed by atoms with Gasteiger partial charge < -0.3 is 19.1 Å². The molecule has 1 N–H and O–H groups in total. The highest BCUT2D eigenvalue weighted by atomic mass is 19.4. The first kappa shape index (κ1) is 26.8. The van der Waals surface area contributed by atoms with Crippen LogP contribution in [0, 0.1) is 0 Å². The second-order valence-corrected chi connectivity index (χ2v) is 9.00. The number of carbonyl (C=O) groups excluding carboxylic acids is 1. The molecule has 0 aliphatic carbocycles. The number of carboxylic acids is 1. The molecule has 5 heterocycles. The lowest BCUT2D eigenvalue weighted by Gasteiger charge is -2.31. The summed E-state index contributed by atoms with van der Waals surface area (Å²) >= 11 is 0. The maximum Gasteiger partial charge on any atom is 0.490 e. The van der Waals surface area contributed by atoms with Crippen LogP contribution in [0.4, 0.5) is 13.2 Å². The smallest absolute Gasteiger partial charge is 0.475 e. The number of halogens is 3. The summed E-state index contributed by atoms with van der Waals surface area (Å²) in [5.41, 5.74) is 4.84. The van der Waals surface area contributed by atoms with E-state index in [0.717, 1.165) is 40.8 Å². The topological polar surface area (TPSA) is 127 Å². The van der Waals surface area contributed by atoms with Crippen molar-refractivity contribution in [3.05, 3.63) is 60.6 Å². The van der Waals surface area contributed by atoms with Gasteiger partial charge in [0.25, 0.3) is 5.91 Å². The number of hydrogen-bond acceptors (Lipinski definition) is 7.